The Morgan fingerprint density at radius 3 is 2.55 bits per heavy atom. The highest BCUT2D eigenvalue weighted by Crippen LogP contribution is 2.36. The molecule has 2 aliphatic rings. The third kappa shape index (κ3) is 8.18. The molecular formula is C27H37ClN4O6. The number of hydrogen-bond donors (Lipinski definition) is 3. The normalized spacial score (nSPS) is 20.0. The van der Waals surface area contributed by atoms with Crippen LogP contribution in [-0.2, 0) is 30.5 Å². The summed E-state index contributed by atoms with van der Waals surface area (Å²) in [5.74, 6) is -1.01. The van der Waals surface area contributed by atoms with E-state index in [9.17, 15) is 24.0 Å². The Morgan fingerprint density at radius 1 is 1.24 bits per heavy atom. The number of amides is 4. The Kier molecular flexibility index (Phi) is 10.1. The SMILES string of the molecule is CC(=O)N1CCC2(CC1)C[C@@H](CC(C=O)NC(=O)[C@H](CC(C)C)NC(=O)OCc1cccc(Cl)c1)C(=O)N2. The second-order valence-corrected chi connectivity index (χ2v) is 11.1. The monoisotopic (exact) mass is 548 g/mol. The van der Waals surface area contributed by atoms with Gasteiger partial charge in [-0.2, -0.15) is 0 Å². The van der Waals surface area contributed by atoms with Gasteiger partial charge < -0.3 is 30.4 Å². The van der Waals surface area contributed by atoms with E-state index in [0.717, 1.165) is 0 Å². The fourth-order valence-electron chi connectivity index (χ4n) is 5.15. The van der Waals surface area contributed by atoms with Crippen molar-refractivity contribution in [1.82, 2.24) is 20.9 Å². The lowest BCUT2D eigenvalue weighted by atomic mass is 9.82. The first-order valence-corrected chi connectivity index (χ1v) is 13.4. The average Bonchev–Trinajstić information content (AvgIpc) is 3.15. The predicted molar refractivity (Wildman–Crippen MR) is 141 cm³/mol. The van der Waals surface area contributed by atoms with E-state index >= 15 is 0 Å². The van der Waals surface area contributed by atoms with Crippen molar-refractivity contribution in [1.29, 1.82) is 0 Å². The molecule has 3 N–H and O–H groups in total. The fraction of sp³-hybridized carbons (Fsp3) is 0.593. The maximum atomic E-state index is 13.1. The van der Waals surface area contributed by atoms with Crippen molar-refractivity contribution >= 4 is 41.7 Å². The van der Waals surface area contributed by atoms with E-state index < -0.39 is 30.0 Å². The summed E-state index contributed by atoms with van der Waals surface area (Å²) in [7, 11) is 0. The molecule has 4 amide bonds. The zero-order chi connectivity index (χ0) is 27.9. The minimum Gasteiger partial charge on any atom is -0.445 e. The zero-order valence-corrected chi connectivity index (χ0v) is 22.9. The van der Waals surface area contributed by atoms with Crippen LogP contribution in [0.1, 0.15) is 58.4 Å². The highest BCUT2D eigenvalue weighted by molar-refractivity contribution is 6.30. The van der Waals surface area contributed by atoms with Gasteiger partial charge in [0.1, 0.15) is 18.9 Å². The van der Waals surface area contributed by atoms with Gasteiger partial charge in [-0.1, -0.05) is 37.6 Å². The van der Waals surface area contributed by atoms with Gasteiger partial charge in [0, 0.05) is 36.5 Å². The molecule has 0 saturated carbocycles. The molecule has 1 spiro atoms. The van der Waals surface area contributed by atoms with Crippen molar-refractivity contribution in [2.24, 2.45) is 11.8 Å². The van der Waals surface area contributed by atoms with Crippen molar-refractivity contribution < 1.29 is 28.7 Å². The minimum absolute atomic E-state index is 0.0118. The molecule has 2 saturated heterocycles. The van der Waals surface area contributed by atoms with Gasteiger partial charge in [-0.3, -0.25) is 14.4 Å². The van der Waals surface area contributed by atoms with Crippen LogP contribution in [0.15, 0.2) is 24.3 Å². The average molecular weight is 549 g/mol. The Morgan fingerprint density at radius 2 is 1.95 bits per heavy atom. The van der Waals surface area contributed by atoms with Crippen LogP contribution in [0.3, 0.4) is 0 Å². The number of carbonyl (C=O) groups excluding carboxylic acids is 5. The molecular weight excluding hydrogens is 512 g/mol. The smallest absolute Gasteiger partial charge is 0.408 e. The van der Waals surface area contributed by atoms with Gasteiger partial charge in [0.2, 0.25) is 17.7 Å². The number of ether oxygens (including phenoxy) is 1. The summed E-state index contributed by atoms with van der Waals surface area (Å²) in [4.78, 5) is 63.5. The summed E-state index contributed by atoms with van der Waals surface area (Å²) < 4.78 is 5.25. The first kappa shape index (κ1) is 29.4. The second kappa shape index (κ2) is 13.1. The zero-order valence-electron chi connectivity index (χ0n) is 22.1. The summed E-state index contributed by atoms with van der Waals surface area (Å²) in [5, 5.41) is 8.88. The maximum absolute atomic E-state index is 13.1. The van der Waals surface area contributed by atoms with Crippen LogP contribution in [0.2, 0.25) is 5.02 Å². The summed E-state index contributed by atoms with van der Waals surface area (Å²) in [6, 6.07) is 5.10. The molecule has 1 aromatic carbocycles. The van der Waals surface area contributed by atoms with Crippen LogP contribution in [0.4, 0.5) is 4.79 Å². The molecule has 0 aliphatic carbocycles. The standard InChI is InChI=1S/C27H37ClN4O6/c1-17(2)11-23(30-26(37)38-16-19-5-4-6-21(28)12-19)25(36)29-22(15-33)13-20-14-27(31-24(20)35)7-9-32(10-8-27)18(3)34/h4-6,12,15,17,20,22-23H,7-11,13-14,16H2,1-3H3,(H,29,36)(H,30,37)(H,31,35)/t20-,22?,23+/m1/s1. The first-order chi connectivity index (χ1) is 18.0. The number of hydrogen-bond acceptors (Lipinski definition) is 6. The molecule has 2 aliphatic heterocycles. The van der Waals surface area contributed by atoms with Gasteiger partial charge in [0.25, 0.3) is 0 Å². The molecule has 1 aromatic rings. The van der Waals surface area contributed by atoms with Crippen LogP contribution in [0.25, 0.3) is 0 Å². The number of nitrogens with one attached hydrogen (secondary N) is 3. The molecule has 1 unspecified atom stereocenters. The van der Waals surface area contributed by atoms with Crippen molar-refractivity contribution in [2.45, 2.75) is 77.1 Å². The van der Waals surface area contributed by atoms with Crippen LogP contribution < -0.4 is 16.0 Å². The molecule has 3 rings (SSSR count). The van der Waals surface area contributed by atoms with E-state index in [1.165, 1.54) is 6.92 Å². The summed E-state index contributed by atoms with van der Waals surface area (Å²) in [6.07, 6.45) is 2.22. The number of piperidine rings is 1. The molecule has 208 valence electrons. The molecule has 3 atom stereocenters. The van der Waals surface area contributed by atoms with Crippen molar-refractivity contribution in [2.75, 3.05) is 13.1 Å². The fourth-order valence-corrected chi connectivity index (χ4v) is 5.36. The van der Waals surface area contributed by atoms with E-state index in [2.05, 4.69) is 16.0 Å². The van der Waals surface area contributed by atoms with Crippen LogP contribution in [-0.4, -0.2) is 65.7 Å². The Bertz CT molecular complexity index is 1040. The number of rotatable bonds is 10. The van der Waals surface area contributed by atoms with Crippen LogP contribution in [0, 0.1) is 11.8 Å². The quantitative estimate of drug-likeness (QED) is 0.385. The lowest BCUT2D eigenvalue weighted by molar-refractivity contribution is -0.130. The Hall–Kier alpha value is -3.14. The first-order valence-electron chi connectivity index (χ1n) is 13.0. The number of alkyl carbamates (subject to hydrolysis) is 1. The third-order valence-electron chi connectivity index (χ3n) is 7.17. The van der Waals surface area contributed by atoms with Gasteiger partial charge in [-0.25, -0.2) is 4.79 Å². The Balaban J connectivity index is 1.55. The summed E-state index contributed by atoms with van der Waals surface area (Å²) in [6.45, 7) is 6.50. The van der Waals surface area contributed by atoms with Gasteiger partial charge in [-0.05, 0) is 55.7 Å². The van der Waals surface area contributed by atoms with E-state index in [1.54, 1.807) is 29.2 Å². The summed E-state index contributed by atoms with van der Waals surface area (Å²) in [5.41, 5.74) is 0.317. The van der Waals surface area contributed by atoms with Crippen molar-refractivity contribution in [3.8, 4) is 0 Å². The van der Waals surface area contributed by atoms with Gasteiger partial charge in [-0.15, -0.1) is 0 Å². The highest BCUT2D eigenvalue weighted by atomic mass is 35.5. The molecule has 10 nitrogen and oxygen atoms in total. The molecule has 0 aromatic heterocycles. The number of carbonyl (C=O) groups is 5. The number of likely N-dealkylation sites (tertiary alicyclic amines) is 1. The number of nitrogens with zero attached hydrogens (tertiary/aromatic N) is 1. The maximum Gasteiger partial charge on any atom is 0.408 e. The molecule has 0 bridgehead atoms. The van der Waals surface area contributed by atoms with E-state index in [0.29, 0.717) is 55.6 Å². The third-order valence-corrected chi connectivity index (χ3v) is 7.40. The largest absolute Gasteiger partial charge is 0.445 e. The molecule has 0 radical (unpaired) electrons. The number of aldehydes is 1. The van der Waals surface area contributed by atoms with Crippen LogP contribution in [0.5, 0.6) is 0 Å². The van der Waals surface area contributed by atoms with E-state index in [-0.39, 0.29) is 36.3 Å². The topological polar surface area (TPSA) is 134 Å². The molecule has 11 heteroatoms. The van der Waals surface area contributed by atoms with Crippen molar-refractivity contribution in [3.63, 3.8) is 0 Å². The summed E-state index contributed by atoms with van der Waals surface area (Å²) >= 11 is 5.96. The molecule has 2 heterocycles. The lowest BCUT2D eigenvalue weighted by Gasteiger charge is -2.39. The molecule has 38 heavy (non-hydrogen) atoms. The number of benzene rings is 1. The van der Waals surface area contributed by atoms with Gasteiger partial charge in [0.05, 0.1) is 6.04 Å². The van der Waals surface area contributed by atoms with Crippen molar-refractivity contribution in [3.05, 3.63) is 34.9 Å². The van der Waals surface area contributed by atoms with Gasteiger partial charge >= 0.3 is 6.09 Å². The minimum atomic E-state index is -0.913. The second-order valence-electron chi connectivity index (χ2n) is 10.7. The van der Waals surface area contributed by atoms with E-state index in [4.69, 9.17) is 16.3 Å². The van der Waals surface area contributed by atoms with Gasteiger partial charge in [0.15, 0.2) is 0 Å². The number of halogens is 1. The van der Waals surface area contributed by atoms with Crippen LogP contribution >= 0.6 is 11.6 Å². The van der Waals surface area contributed by atoms with E-state index in [1.807, 2.05) is 13.8 Å². The highest BCUT2D eigenvalue weighted by Gasteiger charge is 2.46. The lowest BCUT2D eigenvalue weighted by Crippen LogP contribution is -2.51. The molecule has 2 fully saturated rings. The Labute approximate surface area is 228 Å². The predicted octanol–water partition coefficient (Wildman–Crippen LogP) is 2.57.